The summed E-state index contributed by atoms with van der Waals surface area (Å²) in [5.74, 6) is -1.13. The third-order valence-electron chi connectivity index (χ3n) is 4.57. The molecule has 1 saturated carbocycles. The minimum atomic E-state index is -3.82. The normalized spacial score (nSPS) is 22.2. The molecule has 0 heterocycles. The largest absolute Gasteiger partial charge is 0.466 e. The van der Waals surface area contributed by atoms with Gasteiger partial charge in [0.15, 0.2) is 0 Å². The van der Waals surface area contributed by atoms with Crippen molar-refractivity contribution in [1.29, 1.82) is 0 Å². The van der Waals surface area contributed by atoms with Crippen molar-refractivity contribution < 1.29 is 27.5 Å². The number of esters is 1. The highest BCUT2D eigenvalue weighted by atomic mass is 32.2. The minimum Gasteiger partial charge on any atom is -0.466 e. The first-order valence-electron chi connectivity index (χ1n) is 9.68. The van der Waals surface area contributed by atoms with Crippen molar-refractivity contribution >= 4 is 22.1 Å². The number of alkyl carbamates (subject to hydrolysis) is 1. The van der Waals surface area contributed by atoms with Gasteiger partial charge in [0.05, 0.1) is 23.5 Å². The molecule has 9 heteroatoms. The van der Waals surface area contributed by atoms with Crippen LogP contribution in [0.25, 0.3) is 0 Å². The maximum absolute atomic E-state index is 12.8. The van der Waals surface area contributed by atoms with Crippen molar-refractivity contribution in [2.45, 2.75) is 70.0 Å². The van der Waals surface area contributed by atoms with E-state index in [9.17, 15) is 18.0 Å². The highest BCUT2D eigenvalue weighted by Crippen LogP contribution is 2.29. The molecule has 2 N–H and O–H groups in total. The monoisotopic (exact) mass is 426 g/mol. The number of hydrogen-bond acceptors (Lipinski definition) is 6. The molecule has 1 aliphatic rings. The molecular weight excluding hydrogens is 396 g/mol. The molecule has 0 radical (unpaired) electrons. The van der Waals surface area contributed by atoms with Gasteiger partial charge in [-0.15, -0.1) is 0 Å². The van der Waals surface area contributed by atoms with Gasteiger partial charge in [0.25, 0.3) is 0 Å². The van der Waals surface area contributed by atoms with Gasteiger partial charge in [-0.3, -0.25) is 4.79 Å². The maximum Gasteiger partial charge on any atom is 0.407 e. The molecule has 0 aromatic heterocycles. The SMILES string of the molecule is CCOC(=O)[C@H]1CC[C@H](NS(=O)(=O)c2ccc(C)cc2)[C@@H]1NC(=O)OC(C)(C)C. The number of sulfonamides is 1. The minimum absolute atomic E-state index is 0.124. The summed E-state index contributed by atoms with van der Waals surface area (Å²) in [6.07, 6.45) is 0.0633. The van der Waals surface area contributed by atoms with Crippen LogP contribution in [0.3, 0.4) is 0 Å². The fraction of sp³-hybridized carbons (Fsp3) is 0.600. The smallest absolute Gasteiger partial charge is 0.407 e. The van der Waals surface area contributed by atoms with E-state index in [2.05, 4.69) is 10.0 Å². The lowest BCUT2D eigenvalue weighted by Crippen LogP contribution is -2.53. The Kier molecular flexibility index (Phi) is 7.29. The van der Waals surface area contributed by atoms with E-state index in [1.165, 1.54) is 12.1 Å². The summed E-state index contributed by atoms with van der Waals surface area (Å²) < 4.78 is 38.6. The second-order valence-corrected chi connectivity index (χ2v) is 9.86. The molecule has 1 fully saturated rings. The van der Waals surface area contributed by atoms with E-state index >= 15 is 0 Å². The second kappa shape index (κ2) is 9.13. The second-order valence-electron chi connectivity index (χ2n) is 8.15. The van der Waals surface area contributed by atoms with Gasteiger partial charge in [-0.2, -0.15) is 0 Å². The molecule has 0 unspecified atom stereocenters. The first kappa shape index (κ1) is 23.2. The lowest BCUT2D eigenvalue weighted by atomic mass is 10.0. The predicted octanol–water partition coefficient (Wildman–Crippen LogP) is 2.51. The highest BCUT2D eigenvalue weighted by molar-refractivity contribution is 7.89. The number of benzene rings is 1. The van der Waals surface area contributed by atoms with Crippen molar-refractivity contribution in [2.24, 2.45) is 5.92 Å². The molecule has 8 nitrogen and oxygen atoms in total. The summed E-state index contributed by atoms with van der Waals surface area (Å²) in [7, 11) is -3.82. The molecule has 162 valence electrons. The summed E-state index contributed by atoms with van der Waals surface area (Å²) in [6.45, 7) is 8.94. The van der Waals surface area contributed by atoms with Gasteiger partial charge in [-0.25, -0.2) is 17.9 Å². The number of aryl methyl sites for hydroxylation is 1. The third-order valence-corrected chi connectivity index (χ3v) is 6.07. The van der Waals surface area contributed by atoms with Crippen LogP contribution in [0.5, 0.6) is 0 Å². The number of nitrogens with one attached hydrogen (secondary N) is 2. The molecule has 0 bridgehead atoms. The van der Waals surface area contributed by atoms with Crippen molar-refractivity contribution in [3.05, 3.63) is 29.8 Å². The van der Waals surface area contributed by atoms with Gasteiger partial charge in [-0.05, 0) is 59.6 Å². The Morgan fingerprint density at radius 3 is 2.31 bits per heavy atom. The van der Waals surface area contributed by atoms with E-state index in [1.54, 1.807) is 39.8 Å². The van der Waals surface area contributed by atoms with Crippen LogP contribution in [0.2, 0.25) is 0 Å². The highest BCUT2D eigenvalue weighted by Gasteiger charge is 2.44. The lowest BCUT2D eigenvalue weighted by molar-refractivity contribution is -0.148. The number of carbonyl (C=O) groups is 2. The molecule has 2 rings (SSSR count). The Hall–Kier alpha value is -2.13. The third kappa shape index (κ3) is 6.43. The molecule has 0 aliphatic heterocycles. The van der Waals surface area contributed by atoms with Gasteiger partial charge in [0.1, 0.15) is 5.60 Å². The topological polar surface area (TPSA) is 111 Å². The van der Waals surface area contributed by atoms with Crippen LogP contribution in [-0.2, 0) is 24.3 Å². The summed E-state index contributed by atoms with van der Waals surface area (Å²) in [6, 6.07) is 5.02. The van der Waals surface area contributed by atoms with Gasteiger partial charge < -0.3 is 14.8 Å². The van der Waals surface area contributed by atoms with Gasteiger partial charge in [-0.1, -0.05) is 17.7 Å². The zero-order valence-corrected chi connectivity index (χ0v) is 18.3. The zero-order valence-electron chi connectivity index (χ0n) is 17.5. The van der Waals surface area contributed by atoms with Crippen LogP contribution >= 0.6 is 0 Å². The maximum atomic E-state index is 12.8. The lowest BCUT2D eigenvalue weighted by Gasteiger charge is -2.27. The molecule has 0 saturated heterocycles. The fourth-order valence-corrected chi connectivity index (χ4v) is 4.57. The Labute approximate surface area is 172 Å². The molecule has 1 aromatic carbocycles. The van der Waals surface area contributed by atoms with Crippen LogP contribution in [0.15, 0.2) is 29.2 Å². The van der Waals surface area contributed by atoms with E-state index in [4.69, 9.17) is 9.47 Å². The van der Waals surface area contributed by atoms with E-state index in [-0.39, 0.29) is 11.5 Å². The zero-order chi connectivity index (χ0) is 21.8. The van der Waals surface area contributed by atoms with Crippen molar-refractivity contribution in [1.82, 2.24) is 10.0 Å². The summed E-state index contributed by atoms with van der Waals surface area (Å²) in [5, 5.41) is 2.67. The average Bonchev–Trinajstić information content (AvgIpc) is 2.95. The molecule has 1 aliphatic carbocycles. The molecule has 1 aromatic rings. The number of ether oxygens (including phenoxy) is 2. The van der Waals surface area contributed by atoms with Crippen LogP contribution in [-0.4, -0.2) is 44.8 Å². The first-order chi connectivity index (χ1) is 13.4. The number of carbonyl (C=O) groups excluding carboxylic acids is 2. The van der Waals surface area contributed by atoms with Gasteiger partial charge in [0, 0.05) is 6.04 Å². The summed E-state index contributed by atoms with van der Waals surface area (Å²) in [4.78, 5) is 24.8. The first-order valence-corrected chi connectivity index (χ1v) is 11.2. The van der Waals surface area contributed by atoms with E-state index in [0.29, 0.717) is 12.8 Å². The number of hydrogen-bond donors (Lipinski definition) is 2. The molecular formula is C20H30N2O6S. The molecule has 1 amide bonds. The van der Waals surface area contributed by atoms with Crippen LogP contribution in [0.1, 0.15) is 46.1 Å². The van der Waals surface area contributed by atoms with Crippen LogP contribution in [0, 0.1) is 12.8 Å². The quantitative estimate of drug-likeness (QED) is 0.676. The summed E-state index contributed by atoms with van der Waals surface area (Å²) >= 11 is 0. The summed E-state index contributed by atoms with van der Waals surface area (Å²) in [5.41, 5.74) is 0.218. The average molecular weight is 427 g/mol. The van der Waals surface area contributed by atoms with Crippen molar-refractivity contribution in [3.63, 3.8) is 0 Å². The van der Waals surface area contributed by atoms with E-state index < -0.39 is 45.7 Å². The van der Waals surface area contributed by atoms with E-state index in [1.807, 2.05) is 6.92 Å². The van der Waals surface area contributed by atoms with Crippen molar-refractivity contribution in [3.8, 4) is 0 Å². The van der Waals surface area contributed by atoms with Gasteiger partial charge in [0.2, 0.25) is 10.0 Å². The molecule has 0 spiro atoms. The van der Waals surface area contributed by atoms with Gasteiger partial charge >= 0.3 is 12.1 Å². The molecule has 3 atom stereocenters. The Balaban J connectivity index is 2.22. The van der Waals surface area contributed by atoms with E-state index in [0.717, 1.165) is 5.56 Å². The van der Waals surface area contributed by atoms with Crippen molar-refractivity contribution in [2.75, 3.05) is 6.61 Å². The Bertz CT molecular complexity index is 830. The number of rotatable bonds is 6. The fourth-order valence-electron chi connectivity index (χ4n) is 3.27. The van der Waals surface area contributed by atoms with Crippen LogP contribution < -0.4 is 10.0 Å². The standard InChI is InChI=1S/C20H30N2O6S/c1-6-27-18(23)15-11-12-16(17(15)21-19(24)28-20(3,4)5)22-29(25,26)14-9-7-13(2)8-10-14/h7-10,15-17,22H,6,11-12H2,1-5H3,(H,21,24)/t15-,16-,17+/m0/s1. The van der Waals surface area contributed by atoms with Crippen LogP contribution in [0.4, 0.5) is 4.79 Å². The molecule has 29 heavy (non-hydrogen) atoms. The predicted molar refractivity (Wildman–Crippen MR) is 108 cm³/mol. The Morgan fingerprint density at radius 2 is 1.76 bits per heavy atom. The Morgan fingerprint density at radius 1 is 1.14 bits per heavy atom. The number of amides is 1.